The van der Waals surface area contributed by atoms with Crippen LogP contribution in [0.5, 0.6) is 0 Å². The number of furan rings is 1. The van der Waals surface area contributed by atoms with E-state index in [0.29, 0.717) is 6.42 Å². The van der Waals surface area contributed by atoms with E-state index < -0.39 is 0 Å². The summed E-state index contributed by atoms with van der Waals surface area (Å²) >= 11 is 0. The highest BCUT2D eigenvalue weighted by molar-refractivity contribution is 5.69. The second kappa shape index (κ2) is 7.06. The van der Waals surface area contributed by atoms with Gasteiger partial charge in [-0.3, -0.25) is 4.79 Å². The number of aryl methyl sites for hydroxylation is 1. The second-order valence-electron chi connectivity index (χ2n) is 3.69. The van der Waals surface area contributed by atoms with E-state index in [2.05, 4.69) is 10.1 Å². The van der Waals surface area contributed by atoms with E-state index >= 15 is 0 Å². The van der Waals surface area contributed by atoms with Gasteiger partial charge in [0, 0.05) is 19.4 Å². The summed E-state index contributed by atoms with van der Waals surface area (Å²) in [6, 6.07) is 3.96. The molecule has 0 aliphatic rings. The van der Waals surface area contributed by atoms with E-state index in [1.807, 2.05) is 19.1 Å². The lowest BCUT2D eigenvalue weighted by molar-refractivity contribution is -0.140. The molecule has 0 bridgehead atoms. The minimum Gasteiger partial charge on any atom is -0.469 e. The number of rotatable bonds is 7. The van der Waals surface area contributed by atoms with Crippen molar-refractivity contribution in [3.05, 3.63) is 23.7 Å². The summed E-state index contributed by atoms with van der Waals surface area (Å²) in [5.74, 6) is 1.79. The second-order valence-corrected chi connectivity index (χ2v) is 3.69. The fourth-order valence-corrected chi connectivity index (χ4v) is 1.42. The molecule has 0 aromatic carbocycles. The molecule has 0 aliphatic heterocycles. The average molecular weight is 225 g/mol. The van der Waals surface area contributed by atoms with E-state index in [1.54, 1.807) is 0 Å². The largest absolute Gasteiger partial charge is 0.469 e. The molecule has 1 heterocycles. The SMILES string of the molecule is COC(=O)CCCNCCc1ccc(C)o1. The lowest BCUT2D eigenvalue weighted by Crippen LogP contribution is -2.19. The number of carbonyl (C=O) groups is 1. The molecular weight excluding hydrogens is 206 g/mol. The van der Waals surface area contributed by atoms with Crippen molar-refractivity contribution in [3.8, 4) is 0 Å². The highest BCUT2D eigenvalue weighted by Crippen LogP contribution is 2.05. The van der Waals surface area contributed by atoms with Gasteiger partial charge in [0.25, 0.3) is 0 Å². The highest BCUT2D eigenvalue weighted by atomic mass is 16.5. The van der Waals surface area contributed by atoms with Crippen molar-refractivity contribution in [1.82, 2.24) is 5.32 Å². The van der Waals surface area contributed by atoms with E-state index in [-0.39, 0.29) is 5.97 Å². The van der Waals surface area contributed by atoms with Gasteiger partial charge in [-0.25, -0.2) is 0 Å². The third-order valence-electron chi connectivity index (χ3n) is 2.31. The molecule has 4 heteroatoms. The molecule has 1 aromatic heterocycles. The first-order chi connectivity index (χ1) is 7.72. The first-order valence-electron chi connectivity index (χ1n) is 5.55. The summed E-state index contributed by atoms with van der Waals surface area (Å²) < 4.78 is 9.98. The summed E-state index contributed by atoms with van der Waals surface area (Å²) in [6.45, 7) is 3.64. The topological polar surface area (TPSA) is 51.5 Å². The van der Waals surface area contributed by atoms with Crippen LogP contribution < -0.4 is 5.32 Å². The van der Waals surface area contributed by atoms with Crippen molar-refractivity contribution >= 4 is 5.97 Å². The standard InChI is InChI=1S/C12H19NO3/c1-10-5-6-11(16-10)7-9-13-8-3-4-12(14)15-2/h5-6,13H,3-4,7-9H2,1-2H3. The predicted molar refractivity (Wildman–Crippen MR) is 61.3 cm³/mol. The van der Waals surface area contributed by atoms with Gasteiger partial charge in [-0.2, -0.15) is 0 Å². The van der Waals surface area contributed by atoms with Crippen LogP contribution in [0.25, 0.3) is 0 Å². The average Bonchev–Trinajstić information content (AvgIpc) is 2.69. The van der Waals surface area contributed by atoms with Crippen LogP contribution in [0.15, 0.2) is 16.5 Å². The van der Waals surface area contributed by atoms with Crippen LogP contribution in [-0.2, 0) is 16.0 Å². The molecule has 0 saturated heterocycles. The molecule has 0 amide bonds. The van der Waals surface area contributed by atoms with Crippen LogP contribution in [0, 0.1) is 6.92 Å². The molecule has 1 N–H and O–H groups in total. The van der Waals surface area contributed by atoms with E-state index in [0.717, 1.165) is 37.5 Å². The van der Waals surface area contributed by atoms with Gasteiger partial charge in [0.2, 0.25) is 0 Å². The fourth-order valence-electron chi connectivity index (χ4n) is 1.42. The molecule has 0 radical (unpaired) electrons. The van der Waals surface area contributed by atoms with Crippen molar-refractivity contribution in [2.24, 2.45) is 0 Å². The van der Waals surface area contributed by atoms with Crippen molar-refractivity contribution < 1.29 is 13.9 Å². The quantitative estimate of drug-likeness (QED) is 0.566. The fraction of sp³-hybridized carbons (Fsp3) is 0.583. The molecule has 90 valence electrons. The minimum absolute atomic E-state index is 0.150. The van der Waals surface area contributed by atoms with Crippen LogP contribution in [0.3, 0.4) is 0 Å². The molecule has 0 atom stereocenters. The van der Waals surface area contributed by atoms with Gasteiger partial charge in [0.15, 0.2) is 0 Å². The smallest absolute Gasteiger partial charge is 0.305 e. The van der Waals surface area contributed by atoms with Crippen molar-refractivity contribution in [3.63, 3.8) is 0 Å². The van der Waals surface area contributed by atoms with E-state index in [1.165, 1.54) is 7.11 Å². The molecule has 0 unspecified atom stereocenters. The number of ether oxygens (including phenoxy) is 1. The first-order valence-corrected chi connectivity index (χ1v) is 5.55. The Balaban J connectivity index is 1.98. The van der Waals surface area contributed by atoms with Crippen molar-refractivity contribution in [1.29, 1.82) is 0 Å². The third-order valence-corrected chi connectivity index (χ3v) is 2.31. The predicted octanol–water partition coefficient (Wildman–Crippen LogP) is 1.67. The van der Waals surface area contributed by atoms with Gasteiger partial charge in [0.1, 0.15) is 11.5 Å². The Labute approximate surface area is 96.0 Å². The van der Waals surface area contributed by atoms with Crippen LogP contribution in [0.1, 0.15) is 24.4 Å². The number of carbonyl (C=O) groups excluding carboxylic acids is 1. The molecule has 16 heavy (non-hydrogen) atoms. The zero-order valence-corrected chi connectivity index (χ0v) is 9.91. The van der Waals surface area contributed by atoms with Crippen molar-refractivity contribution in [2.45, 2.75) is 26.2 Å². The molecule has 1 rings (SSSR count). The Morgan fingerprint density at radius 1 is 1.44 bits per heavy atom. The third kappa shape index (κ3) is 4.98. The monoisotopic (exact) mass is 225 g/mol. The number of nitrogens with one attached hydrogen (secondary N) is 1. The number of methoxy groups -OCH3 is 1. The summed E-state index contributed by atoms with van der Waals surface area (Å²) in [5.41, 5.74) is 0. The highest BCUT2D eigenvalue weighted by Gasteiger charge is 2.00. The van der Waals surface area contributed by atoms with Gasteiger partial charge < -0.3 is 14.5 Å². The zero-order valence-electron chi connectivity index (χ0n) is 9.91. The van der Waals surface area contributed by atoms with Crippen LogP contribution in [-0.4, -0.2) is 26.2 Å². The lowest BCUT2D eigenvalue weighted by Gasteiger charge is -2.02. The van der Waals surface area contributed by atoms with Crippen LogP contribution in [0.4, 0.5) is 0 Å². The maximum absolute atomic E-state index is 10.8. The summed E-state index contributed by atoms with van der Waals surface area (Å²) in [7, 11) is 1.41. The Hall–Kier alpha value is -1.29. The zero-order chi connectivity index (χ0) is 11.8. The molecule has 1 aromatic rings. The maximum atomic E-state index is 10.8. The van der Waals surface area contributed by atoms with Crippen molar-refractivity contribution in [2.75, 3.05) is 20.2 Å². The summed E-state index contributed by atoms with van der Waals surface area (Å²) in [6.07, 6.45) is 2.17. The summed E-state index contributed by atoms with van der Waals surface area (Å²) in [5, 5.41) is 3.25. The van der Waals surface area contributed by atoms with Gasteiger partial charge in [-0.15, -0.1) is 0 Å². The maximum Gasteiger partial charge on any atom is 0.305 e. The van der Waals surface area contributed by atoms with Crippen LogP contribution >= 0.6 is 0 Å². The summed E-state index contributed by atoms with van der Waals surface area (Å²) in [4.78, 5) is 10.8. The molecule has 0 spiro atoms. The number of hydrogen-bond donors (Lipinski definition) is 1. The molecule has 0 aliphatic carbocycles. The van der Waals surface area contributed by atoms with E-state index in [9.17, 15) is 4.79 Å². The van der Waals surface area contributed by atoms with Gasteiger partial charge in [-0.05, 0) is 32.0 Å². The minimum atomic E-state index is -0.150. The lowest BCUT2D eigenvalue weighted by atomic mass is 10.3. The first kappa shape index (κ1) is 12.8. The van der Waals surface area contributed by atoms with Gasteiger partial charge >= 0.3 is 5.97 Å². The number of esters is 1. The van der Waals surface area contributed by atoms with Crippen LogP contribution in [0.2, 0.25) is 0 Å². The molecule has 0 fully saturated rings. The number of hydrogen-bond acceptors (Lipinski definition) is 4. The Morgan fingerprint density at radius 2 is 2.25 bits per heavy atom. The Bertz CT molecular complexity index is 320. The molecular formula is C12H19NO3. The van der Waals surface area contributed by atoms with E-state index in [4.69, 9.17) is 4.42 Å². The van der Waals surface area contributed by atoms with Gasteiger partial charge in [0.05, 0.1) is 7.11 Å². The Morgan fingerprint density at radius 3 is 2.88 bits per heavy atom. The normalized spacial score (nSPS) is 10.4. The van der Waals surface area contributed by atoms with Gasteiger partial charge in [-0.1, -0.05) is 0 Å². The molecule has 0 saturated carbocycles. The Kier molecular flexibility index (Phi) is 5.64. The molecule has 4 nitrogen and oxygen atoms in total.